The predicted octanol–water partition coefficient (Wildman–Crippen LogP) is 3.49. The van der Waals surface area contributed by atoms with Gasteiger partial charge < -0.3 is 19.1 Å². The van der Waals surface area contributed by atoms with Crippen LogP contribution in [0.3, 0.4) is 0 Å². The molecule has 0 aliphatic carbocycles. The Balaban J connectivity index is 1.36. The van der Waals surface area contributed by atoms with E-state index in [1.54, 1.807) is 49.3 Å². The minimum atomic E-state index is -0.591. The zero-order chi connectivity index (χ0) is 20.4. The highest BCUT2D eigenvalue weighted by molar-refractivity contribution is 6.00. The number of methoxy groups -OCH3 is 1. The Bertz CT molecular complexity index is 900. The summed E-state index contributed by atoms with van der Waals surface area (Å²) in [6.07, 6.45) is 1.04. The topological polar surface area (TPSA) is 65.1 Å². The molecule has 1 fully saturated rings. The minimum absolute atomic E-state index is 0.0572. The molecule has 29 heavy (non-hydrogen) atoms. The number of amides is 1. The van der Waals surface area contributed by atoms with Crippen molar-refractivity contribution in [3.8, 4) is 17.2 Å². The minimum Gasteiger partial charge on any atom is -0.497 e. The van der Waals surface area contributed by atoms with E-state index >= 15 is 0 Å². The standard InChI is InChI=1S/C23H25NO5/c1-16(28-18-9-7-17(27-2)8-10-18)22(26)24-13-11-23(12-14-24)15-20(25)19-5-3-4-6-21(19)29-23/h3-10,16H,11-15H2,1-2H3. The van der Waals surface area contributed by atoms with Crippen LogP contribution in [0.25, 0.3) is 0 Å². The van der Waals surface area contributed by atoms with Crippen LogP contribution in [0.15, 0.2) is 48.5 Å². The zero-order valence-electron chi connectivity index (χ0n) is 16.7. The van der Waals surface area contributed by atoms with E-state index in [4.69, 9.17) is 14.2 Å². The Morgan fingerprint density at radius 1 is 1.07 bits per heavy atom. The van der Waals surface area contributed by atoms with Crippen molar-refractivity contribution in [3.05, 3.63) is 54.1 Å². The number of piperidine rings is 1. The summed E-state index contributed by atoms with van der Waals surface area (Å²) in [7, 11) is 1.60. The van der Waals surface area contributed by atoms with E-state index in [0.717, 1.165) is 5.75 Å². The lowest BCUT2D eigenvalue weighted by molar-refractivity contribution is -0.141. The Hall–Kier alpha value is -3.02. The molecule has 0 N–H and O–H groups in total. The van der Waals surface area contributed by atoms with Crippen LogP contribution >= 0.6 is 0 Å². The second kappa shape index (κ2) is 7.78. The summed E-state index contributed by atoms with van der Waals surface area (Å²) in [5.41, 5.74) is 0.139. The molecule has 152 valence electrons. The molecule has 2 heterocycles. The quantitative estimate of drug-likeness (QED) is 0.793. The third-order valence-electron chi connectivity index (χ3n) is 5.70. The Morgan fingerprint density at radius 2 is 1.72 bits per heavy atom. The van der Waals surface area contributed by atoms with Gasteiger partial charge in [0.25, 0.3) is 5.91 Å². The zero-order valence-corrected chi connectivity index (χ0v) is 16.7. The molecule has 6 nitrogen and oxygen atoms in total. The van der Waals surface area contributed by atoms with Crippen LogP contribution in [0.5, 0.6) is 17.2 Å². The number of likely N-dealkylation sites (tertiary alicyclic amines) is 1. The van der Waals surface area contributed by atoms with Crippen LogP contribution in [0.2, 0.25) is 0 Å². The first kappa shape index (κ1) is 19.3. The van der Waals surface area contributed by atoms with E-state index in [9.17, 15) is 9.59 Å². The molecule has 0 aromatic heterocycles. The highest BCUT2D eigenvalue weighted by Crippen LogP contribution is 2.39. The number of rotatable bonds is 4. The van der Waals surface area contributed by atoms with Crippen molar-refractivity contribution in [3.63, 3.8) is 0 Å². The Labute approximate surface area is 170 Å². The smallest absolute Gasteiger partial charge is 0.263 e. The molecule has 1 amide bonds. The van der Waals surface area contributed by atoms with Crippen molar-refractivity contribution in [2.24, 2.45) is 0 Å². The average Bonchev–Trinajstić information content (AvgIpc) is 2.74. The van der Waals surface area contributed by atoms with Gasteiger partial charge in [-0.3, -0.25) is 9.59 Å². The van der Waals surface area contributed by atoms with E-state index in [1.165, 1.54) is 0 Å². The third-order valence-corrected chi connectivity index (χ3v) is 5.70. The molecule has 2 aromatic rings. The maximum Gasteiger partial charge on any atom is 0.263 e. The number of ether oxygens (including phenoxy) is 3. The number of Topliss-reactive ketones (excluding diaryl/α,β-unsaturated/α-hetero) is 1. The molecule has 2 aliphatic rings. The average molecular weight is 395 g/mol. The Morgan fingerprint density at radius 3 is 2.41 bits per heavy atom. The normalized spacial score (nSPS) is 18.6. The van der Waals surface area contributed by atoms with Crippen LogP contribution in [-0.2, 0) is 4.79 Å². The van der Waals surface area contributed by atoms with E-state index in [2.05, 4.69) is 0 Å². The molecule has 6 heteroatoms. The fourth-order valence-corrected chi connectivity index (χ4v) is 4.02. The largest absolute Gasteiger partial charge is 0.497 e. The van der Waals surface area contributed by atoms with Gasteiger partial charge >= 0.3 is 0 Å². The maximum atomic E-state index is 12.8. The lowest BCUT2D eigenvalue weighted by Gasteiger charge is -2.44. The van der Waals surface area contributed by atoms with Gasteiger partial charge in [0, 0.05) is 25.9 Å². The molecule has 1 unspecified atom stereocenters. The molecule has 0 bridgehead atoms. The van der Waals surface area contributed by atoms with Crippen LogP contribution in [0, 0.1) is 0 Å². The highest BCUT2D eigenvalue weighted by Gasteiger charge is 2.44. The second-order valence-electron chi connectivity index (χ2n) is 7.64. The van der Waals surface area contributed by atoms with E-state index in [-0.39, 0.29) is 11.7 Å². The monoisotopic (exact) mass is 395 g/mol. The summed E-state index contributed by atoms with van der Waals surface area (Å²) in [5.74, 6) is 2.07. The summed E-state index contributed by atoms with van der Waals surface area (Å²) < 4.78 is 17.2. The molecule has 2 aromatic carbocycles. The van der Waals surface area contributed by atoms with Crippen LogP contribution in [0.4, 0.5) is 0 Å². The van der Waals surface area contributed by atoms with Crippen LogP contribution in [-0.4, -0.2) is 48.5 Å². The van der Waals surface area contributed by atoms with Gasteiger partial charge in [-0.1, -0.05) is 12.1 Å². The number of para-hydroxylation sites is 1. The molecular formula is C23H25NO5. The molecule has 1 saturated heterocycles. The number of carbonyl (C=O) groups is 2. The molecular weight excluding hydrogens is 370 g/mol. The van der Waals surface area contributed by atoms with Crippen molar-refractivity contribution in [1.29, 1.82) is 0 Å². The first-order valence-electron chi connectivity index (χ1n) is 9.90. The number of carbonyl (C=O) groups excluding carboxylic acids is 2. The number of ketones is 1. The highest BCUT2D eigenvalue weighted by atomic mass is 16.5. The van der Waals surface area contributed by atoms with Gasteiger partial charge in [-0.15, -0.1) is 0 Å². The number of nitrogens with zero attached hydrogens (tertiary/aromatic N) is 1. The van der Waals surface area contributed by atoms with Gasteiger partial charge in [0.15, 0.2) is 11.9 Å². The van der Waals surface area contributed by atoms with E-state index < -0.39 is 11.7 Å². The number of fused-ring (bicyclic) bond motifs is 1. The van der Waals surface area contributed by atoms with Crippen molar-refractivity contribution >= 4 is 11.7 Å². The van der Waals surface area contributed by atoms with Gasteiger partial charge in [0.05, 0.1) is 19.1 Å². The van der Waals surface area contributed by atoms with Gasteiger partial charge in [0.2, 0.25) is 0 Å². The van der Waals surface area contributed by atoms with Crippen molar-refractivity contribution < 1.29 is 23.8 Å². The number of benzene rings is 2. The van der Waals surface area contributed by atoms with E-state index in [1.807, 2.05) is 18.2 Å². The second-order valence-corrected chi connectivity index (χ2v) is 7.64. The fraction of sp³-hybridized carbons (Fsp3) is 0.391. The lowest BCUT2D eigenvalue weighted by atomic mass is 9.82. The lowest BCUT2D eigenvalue weighted by Crippen LogP contribution is -2.54. The van der Waals surface area contributed by atoms with Gasteiger partial charge in [-0.2, -0.15) is 0 Å². The summed E-state index contributed by atoms with van der Waals surface area (Å²) in [4.78, 5) is 27.2. The van der Waals surface area contributed by atoms with Crippen molar-refractivity contribution in [2.75, 3.05) is 20.2 Å². The third kappa shape index (κ3) is 3.92. The first-order valence-corrected chi connectivity index (χ1v) is 9.90. The molecule has 1 atom stereocenters. The van der Waals surface area contributed by atoms with Crippen LogP contribution in [0.1, 0.15) is 36.5 Å². The number of hydrogen-bond donors (Lipinski definition) is 0. The first-order chi connectivity index (χ1) is 14.0. The fourth-order valence-electron chi connectivity index (χ4n) is 4.02. The van der Waals surface area contributed by atoms with E-state index in [0.29, 0.717) is 49.4 Å². The Kier molecular flexibility index (Phi) is 5.18. The predicted molar refractivity (Wildman–Crippen MR) is 108 cm³/mol. The van der Waals surface area contributed by atoms with Crippen molar-refractivity contribution in [2.45, 2.75) is 37.9 Å². The number of hydrogen-bond acceptors (Lipinski definition) is 5. The van der Waals surface area contributed by atoms with Gasteiger partial charge in [-0.25, -0.2) is 0 Å². The molecule has 2 aliphatic heterocycles. The summed E-state index contributed by atoms with van der Waals surface area (Å²) in [5, 5.41) is 0. The SMILES string of the molecule is COc1ccc(OC(C)C(=O)N2CCC3(CC2)CC(=O)c2ccccc2O3)cc1. The molecule has 4 rings (SSSR count). The molecule has 0 radical (unpaired) electrons. The van der Waals surface area contributed by atoms with Crippen molar-refractivity contribution in [1.82, 2.24) is 4.90 Å². The molecule has 1 spiro atoms. The summed E-state index contributed by atoms with van der Waals surface area (Å²) >= 11 is 0. The van der Waals surface area contributed by atoms with Gasteiger partial charge in [0.1, 0.15) is 22.8 Å². The van der Waals surface area contributed by atoms with Crippen LogP contribution < -0.4 is 14.2 Å². The summed E-state index contributed by atoms with van der Waals surface area (Å²) in [6, 6.07) is 14.5. The van der Waals surface area contributed by atoms with Gasteiger partial charge in [-0.05, 0) is 43.3 Å². The maximum absolute atomic E-state index is 12.8. The molecule has 0 saturated carbocycles. The summed E-state index contributed by atoms with van der Waals surface area (Å²) in [6.45, 7) is 2.85.